The number of nitrogens with two attached hydrogens (primary N) is 1. The lowest BCUT2D eigenvalue weighted by atomic mass is 10.1. The maximum Gasteiger partial charge on any atom is 0.231 e. The number of nitrogen functional groups attached to an aromatic ring is 1. The second-order valence-electron chi connectivity index (χ2n) is 2.85. The molecular formula is C9H12ClNO3. The van der Waals surface area contributed by atoms with Gasteiger partial charge in [0.15, 0.2) is 11.5 Å². The molecule has 4 nitrogen and oxygen atoms in total. The first-order chi connectivity index (χ1) is 6.33. The Kier molecular flexibility index (Phi) is 3.43. The highest BCUT2D eigenvalue weighted by Gasteiger charge is 2.18. The van der Waals surface area contributed by atoms with Crippen LogP contribution in [0.1, 0.15) is 5.56 Å². The molecule has 0 saturated carbocycles. The van der Waals surface area contributed by atoms with Crippen LogP contribution in [-0.2, 0) is 6.42 Å². The van der Waals surface area contributed by atoms with Crippen molar-refractivity contribution in [1.82, 2.24) is 0 Å². The van der Waals surface area contributed by atoms with Gasteiger partial charge in [0.1, 0.15) is 0 Å². The average molecular weight is 218 g/mol. The smallest absolute Gasteiger partial charge is 0.231 e. The summed E-state index contributed by atoms with van der Waals surface area (Å²) < 4.78 is 10.3. The van der Waals surface area contributed by atoms with Gasteiger partial charge in [-0.05, 0) is 18.1 Å². The summed E-state index contributed by atoms with van der Waals surface area (Å²) in [5, 5.41) is 8.77. The van der Waals surface area contributed by atoms with Crippen LogP contribution >= 0.6 is 12.4 Å². The van der Waals surface area contributed by atoms with Gasteiger partial charge >= 0.3 is 0 Å². The predicted octanol–water partition coefficient (Wildman–Crippen LogP) is 0.954. The minimum absolute atomic E-state index is 0. The van der Waals surface area contributed by atoms with Crippen molar-refractivity contribution >= 4 is 18.1 Å². The number of hydrogen-bond acceptors (Lipinski definition) is 4. The average Bonchev–Trinajstić information content (AvgIpc) is 2.58. The van der Waals surface area contributed by atoms with E-state index in [-0.39, 0.29) is 25.8 Å². The summed E-state index contributed by atoms with van der Waals surface area (Å²) in [4.78, 5) is 0. The molecule has 14 heavy (non-hydrogen) atoms. The van der Waals surface area contributed by atoms with Gasteiger partial charge in [0.05, 0.1) is 5.69 Å². The molecule has 0 amide bonds. The number of anilines is 1. The summed E-state index contributed by atoms with van der Waals surface area (Å²) in [6.07, 6.45) is 0.544. The van der Waals surface area contributed by atoms with Crippen LogP contribution in [0.2, 0.25) is 0 Å². The van der Waals surface area contributed by atoms with Gasteiger partial charge < -0.3 is 20.3 Å². The molecule has 0 aliphatic carbocycles. The van der Waals surface area contributed by atoms with Crippen molar-refractivity contribution in [1.29, 1.82) is 0 Å². The van der Waals surface area contributed by atoms with Crippen LogP contribution in [0, 0.1) is 0 Å². The zero-order valence-electron chi connectivity index (χ0n) is 7.53. The van der Waals surface area contributed by atoms with Gasteiger partial charge in [-0.2, -0.15) is 0 Å². The first-order valence-electron chi connectivity index (χ1n) is 4.10. The monoisotopic (exact) mass is 217 g/mol. The standard InChI is InChI=1S/C9H11NO3.ClH/c10-8-6(3-4-11)1-2-7-9(8)13-5-12-7;/h1-2,11H,3-5,10H2;1H. The summed E-state index contributed by atoms with van der Waals surface area (Å²) in [7, 11) is 0. The topological polar surface area (TPSA) is 64.7 Å². The molecule has 0 spiro atoms. The van der Waals surface area contributed by atoms with Gasteiger partial charge in [0, 0.05) is 6.61 Å². The van der Waals surface area contributed by atoms with E-state index in [1.807, 2.05) is 12.1 Å². The lowest BCUT2D eigenvalue weighted by Gasteiger charge is -2.06. The lowest BCUT2D eigenvalue weighted by Crippen LogP contribution is -1.99. The molecule has 0 atom stereocenters. The SMILES string of the molecule is Cl.Nc1c(CCO)ccc2c1OCO2. The molecular weight excluding hydrogens is 206 g/mol. The van der Waals surface area contributed by atoms with Crippen molar-refractivity contribution in [3.8, 4) is 11.5 Å². The van der Waals surface area contributed by atoms with E-state index in [1.54, 1.807) is 0 Å². The minimum atomic E-state index is 0. The van der Waals surface area contributed by atoms with E-state index in [2.05, 4.69) is 0 Å². The van der Waals surface area contributed by atoms with Gasteiger partial charge in [0.2, 0.25) is 6.79 Å². The van der Waals surface area contributed by atoms with Crippen molar-refractivity contribution in [3.63, 3.8) is 0 Å². The van der Waals surface area contributed by atoms with Crippen LogP contribution in [0.3, 0.4) is 0 Å². The number of hydrogen-bond donors (Lipinski definition) is 2. The summed E-state index contributed by atoms with van der Waals surface area (Å²) in [6.45, 7) is 0.311. The second-order valence-corrected chi connectivity index (χ2v) is 2.85. The third-order valence-corrected chi connectivity index (χ3v) is 2.05. The molecule has 0 fully saturated rings. The molecule has 1 aliphatic rings. The molecule has 0 radical (unpaired) electrons. The molecule has 78 valence electrons. The Morgan fingerprint density at radius 2 is 2.14 bits per heavy atom. The summed E-state index contributed by atoms with van der Waals surface area (Å²) in [5.74, 6) is 1.28. The number of aliphatic hydroxyl groups is 1. The van der Waals surface area contributed by atoms with E-state index < -0.39 is 0 Å². The van der Waals surface area contributed by atoms with Crippen molar-refractivity contribution in [3.05, 3.63) is 17.7 Å². The van der Waals surface area contributed by atoms with Gasteiger partial charge in [-0.3, -0.25) is 0 Å². The highest BCUT2D eigenvalue weighted by molar-refractivity contribution is 5.85. The molecule has 0 aromatic heterocycles. The highest BCUT2D eigenvalue weighted by atomic mass is 35.5. The van der Waals surface area contributed by atoms with Gasteiger partial charge in [-0.15, -0.1) is 12.4 Å². The lowest BCUT2D eigenvalue weighted by molar-refractivity contribution is 0.174. The quantitative estimate of drug-likeness (QED) is 0.725. The minimum Gasteiger partial charge on any atom is -0.454 e. The van der Waals surface area contributed by atoms with Crippen LogP contribution in [0.15, 0.2) is 12.1 Å². The van der Waals surface area contributed by atoms with Crippen LogP contribution in [0.5, 0.6) is 11.5 Å². The zero-order chi connectivity index (χ0) is 9.26. The molecule has 2 rings (SSSR count). The molecule has 0 saturated heterocycles. The fraction of sp³-hybridized carbons (Fsp3) is 0.333. The number of aliphatic hydroxyl groups excluding tert-OH is 1. The second kappa shape index (κ2) is 4.39. The number of ether oxygens (including phenoxy) is 2. The van der Waals surface area contributed by atoms with Crippen molar-refractivity contribution in [2.75, 3.05) is 19.1 Å². The highest BCUT2D eigenvalue weighted by Crippen LogP contribution is 2.39. The molecule has 1 heterocycles. The Morgan fingerprint density at radius 1 is 1.36 bits per heavy atom. The molecule has 1 aromatic rings. The van der Waals surface area contributed by atoms with Crippen molar-refractivity contribution in [2.24, 2.45) is 0 Å². The third-order valence-electron chi connectivity index (χ3n) is 2.05. The largest absolute Gasteiger partial charge is 0.454 e. The third kappa shape index (κ3) is 1.71. The number of halogens is 1. The number of benzene rings is 1. The Balaban J connectivity index is 0.000000980. The van der Waals surface area contributed by atoms with Crippen molar-refractivity contribution in [2.45, 2.75) is 6.42 Å². The summed E-state index contributed by atoms with van der Waals surface area (Å²) >= 11 is 0. The Bertz CT molecular complexity index is 330. The molecule has 3 N–H and O–H groups in total. The van der Waals surface area contributed by atoms with E-state index in [0.717, 1.165) is 5.56 Å². The number of fused-ring (bicyclic) bond motifs is 1. The van der Waals surface area contributed by atoms with Gasteiger partial charge in [-0.25, -0.2) is 0 Å². The fourth-order valence-electron chi connectivity index (χ4n) is 1.37. The van der Waals surface area contributed by atoms with Crippen LogP contribution in [-0.4, -0.2) is 18.5 Å². The molecule has 1 aromatic carbocycles. The maximum absolute atomic E-state index is 8.77. The van der Waals surface area contributed by atoms with E-state index in [9.17, 15) is 0 Å². The van der Waals surface area contributed by atoms with Crippen LogP contribution in [0.25, 0.3) is 0 Å². The van der Waals surface area contributed by atoms with Crippen molar-refractivity contribution < 1.29 is 14.6 Å². The number of rotatable bonds is 2. The molecule has 5 heteroatoms. The van der Waals surface area contributed by atoms with Gasteiger partial charge in [0.25, 0.3) is 0 Å². The normalized spacial score (nSPS) is 12.4. The summed E-state index contributed by atoms with van der Waals surface area (Å²) in [5.41, 5.74) is 7.27. The summed E-state index contributed by atoms with van der Waals surface area (Å²) in [6, 6.07) is 3.66. The van der Waals surface area contributed by atoms with E-state index >= 15 is 0 Å². The molecule has 0 bridgehead atoms. The maximum atomic E-state index is 8.77. The molecule has 0 unspecified atom stereocenters. The van der Waals surface area contributed by atoms with E-state index in [1.165, 1.54) is 0 Å². The fourth-order valence-corrected chi connectivity index (χ4v) is 1.37. The van der Waals surface area contributed by atoms with Crippen LogP contribution < -0.4 is 15.2 Å². The van der Waals surface area contributed by atoms with E-state index in [4.69, 9.17) is 20.3 Å². The zero-order valence-corrected chi connectivity index (χ0v) is 8.34. The predicted molar refractivity (Wildman–Crippen MR) is 55.0 cm³/mol. The first kappa shape index (κ1) is 10.9. The Morgan fingerprint density at radius 3 is 2.86 bits per heavy atom. The Labute approximate surface area is 88.0 Å². The molecule has 1 aliphatic heterocycles. The first-order valence-corrected chi connectivity index (χ1v) is 4.10. The van der Waals surface area contributed by atoms with E-state index in [0.29, 0.717) is 23.6 Å². The van der Waals surface area contributed by atoms with Crippen LogP contribution in [0.4, 0.5) is 5.69 Å². The van der Waals surface area contributed by atoms with Gasteiger partial charge in [-0.1, -0.05) is 6.07 Å². The Hall–Kier alpha value is -1.13.